The molecule has 6 heteroatoms. The third kappa shape index (κ3) is 4.21. The highest BCUT2D eigenvalue weighted by Gasteiger charge is 2.35. The topological polar surface area (TPSA) is 35.9 Å². The van der Waals surface area contributed by atoms with Gasteiger partial charge in [-0.1, -0.05) is 23.4 Å². The average Bonchev–Trinajstić information content (AvgIpc) is 2.38. The first-order chi connectivity index (χ1) is 10.6. The van der Waals surface area contributed by atoms with Gasteiger partial charge in [-0.05, 0) is 65.3 Å². The van der Waals surface area contributed by atoms with Crippen LogP contribution in [0.1, 0.15) is 40.2 Å². The number of hydrogen-bond donors (Lipinski definition) is 0. The molecule has 0 aliphatic carbocycles. The molecule has 1 aromatic carbocycles. The first-order valence-corrected chi connectivity index (χ1v) is 9.06. The van der Waals surface area contributed by atoms with Crippen LogP contribution in [0.15, 0.2) is 23.2 Å². The summed E-state index contributed by atoms with van der Waals surface area (Å²) in [6.45, 7) is 12.1. The van der Waals surface area contributed by atoms with E-state index in [1.54, 1.807) is 21.6 Å². The van der Waals surface area contributed by atoms with Crippen LogP contribution in [-0.4, -0.2) is 33.6 Å². The summed E-state index contributed by atoms with van der Waals surface area (Å²) in [5.41, 5.74) is 1.67. The SMILES string of the molecule is Cc1cc(Cl)ccc1N1CSC(=NC(C)(C)C)N(C(C)C)C1=O. The Balaban J connectivity index is 2.38. The lowest BCUT2D eigenvalue weighted by atomic mass is 10.1. The molecule has 0 N–H and O–H groups in total. The number of carbonyl (C=O) groups is 1. The number of nitrogens with zero attached hydrogens (tertiary/aromatic N) is 3. The van der Waals surface area contributed by atoms with E-state index in [1.165, 1.54) is 0 Å². The van der Waals surface area contributed by atoms with Crippen LogP contribution in [0.25, 0.3) is 0 Å². The molecule has 1 aliphatic rings. The summed E-state index contributed by atoms with van der Waals surface area (Å²) in [4.78, 5) is 21.3. The zero-order valence-electron chi connectivity index (χ0n) is 14.6. The highest BCUT2D eigenvalue weighted by Crippen LogP contribution is 2.32. The van der Waals surface area contributed by atoms with Crippen LogP contribution in [-0.2, 0) is 0 Å². The molecule has 1 aliphatic heterocycles. The smallest absolute Gasteiger partial charge is 0.284 e. The number of carbonyl (C=O) groups excluding carboxylic acids is 1. The van der Waals surface area contributed by atoms with Crippen LogP contribution in [0, 0.1) is 6.92 Å². The van der Waals surface area contributed by atoms with Crippen molar-refractivity contribution >= 4 is 40.2 Å². The van der Waals surface area contributed by atoms with Crippen LogP contribution in [0.5, 0.6) is 0 Å². The molecule has 2 amide bonds. The summed E-state index contributed by atoms with van der Waals surface area (Å²) in [5.74, 6) is 0.555. The Kier molecular flexibility index (Phi) is 5.31. The van der Waals surface area contributed by atoms with Gasteiger partial charge in [0.15, 0.2) is 5.17 Å². The Labute approximate surface area is 147 Å². The molecular formula is C17H24ClN3OS. The number of aliphatic imine (C=N–C) groups is 1. The van der Waals surface area contributed by atoms with Gasteiger partial charge in [0, 0.05) is 16.8 Å². The van der Waals surface area contributed by atoms with E-state index in [9.17, 15) is 4.79 Å². The van der Waals surface area contributed by atoms with E-state index < -0.39 is 0 Å². The second kappa shape index (κ2) is 6.73. The number of halogens is 1. The van der Waals surface area contributed by atoms with Crippen molar-refractivity contribution in [2.24, 2.45) is 4.99 Å². The van der Waals surface area contributed by atoms with Crippen LogP contribution in [0.2, 0.25) is 5.02 Å². The quantitative estimate of drug-likeness (QED) is 0.737. The molecule has 126 valence electrons. The first-order valence-electron chi connectivity index (χ1n) is 7.69. The van der Waals surface area contributed by atoms with E-state index in [2.05, 4.69) is 0 Å². The van der Waals surface area contributed by atoms with E-state index in [1.807, 2.05) is 59.7 Å². The number of amidine groups is 1. The van der Waals surface area contributed by atoms with E-state index >= 15 is 0 Å². The molecule has 4 nitrogen and oxygen atoms in total. The number of amides is 2. The molecule has 0 atom stereocenters. The largest absolute Gasteiger partial charge is 0.331 e. The van der Waals surface area contributed by atoms with E-state index in [4.69, 9.17) is 16.6 Å². The van der Waals surface area contributed by atoms with E-state index in [0.717, 1.165) is 16.4 Å². The minimum absolute atomic E-state index is 0.0350. The van der Waals surface area contributed by atoms with E-state index in [-0.39, 0.29) is 17.6 Å². The number of benzene rings is 1. The zero-order chi connectivity index (χ0) is 17.4. The summed E-state index contributed by atoms with van der Waals surface area (Å²) >= 11 is 7.62. The van der Waals surface area contributed by atoms with Crippen molar-refractivity contribution in [3.63, 3.8) is 0 Å². The maximum absolute atomic E-state index is 13.0. The summed E-state index contributed by atoms with van der Waals surface area (Å²) < 4.78 is 0. The lowest BCUT2D eigenvalue weighted by Crippen LogP contribution is -2.53. The maximum atomic E-state index is 13.0. The van der Waals surface area contributed by atoms with Gasteiger partial charge in [0.25, 0.3) is 0 Å². The number of rotatable bonds is 2. The van der Waals surface area contributed by atoms with Crippen LogP contribution >= 0.6 is 23.4 Å². The highest BCUT2D eigenvalue weighted by atomic mass is 35.5. The Morgan fingerprint density at radius 3 is 2.48 bits per heavy atom. The third-order valence-corrected chi connectivity index (χ3v) is 4.53. The molecule has 0 spiro atoms. The number of thioether (sulfide) groups is 1. The van der Waals surface area contributed by atoms with Gasteiger partial charge in [0.05, 0.1) is 11.4 Å². The molecule has 0 bridgehead atoms. The van der Waals surface area contributed by atoms with Crippen molar-refractivity contribution in [2.45, 2.75) is 53.1 Å². The van der Waals surface area contributed by atoms with Gasteiger partial charge in [-0.2, -0.15) is 0 Å². The predicted molar refractivity (Wildman–Crippen MR) is 101 cm³/mol. The predicted octanol–water partition coefficient (Wildman–Crippen LogP) is 5.14. The standard InChI is InChI=1S/C17H24ClN3OS/c1-11(2)21-15(19-17(4,5)6)23-10-20(16(21)22)14-8-7-13(18)9-12(14)3/h7-9,11H,10H2,1-6H3. The summed E-state index contributed by atoms with van der Waals surface area (Å²) in [6, 6.07) is 5.62. The van der Waals surface area contributed by atoms with Crippen molar-refractivity contribution in [1.82, 2.24) is 4.90 Å². The molecule has 1 saturated heterocycles. The van der Waals surface area contributed by atoms with Crippen molar-refractivity contribution in [2.75, 3.05) is 10.8 Å². The second-order valence-electron chi connectivity index (χ2n) is 6.94. The van der Waals surface area contributed by atoms with Gasteiger partial charge in [-0.3, -0.25) is 14.8 Å². The Morgan fingerprint density at radius 1 is 1.30 bits per heavy atom. The molecular weight excluding hydrogens is 330 g/mol. The van der Waals surface area contributed by atoms with Crippen molar-refractivity contribution in [3.05, 3.63) is 28.8 Å². The fourth-order valence-electron chi connectivity index (χ4n) is 2.37. The molecule has 0 radical (unpaired) electrons. The lowest BCUT2D eigenvalue weighted by Gasteiger charge is -2.39. The van der Waals surface area contributed by atoms with Gasteiger partial charge >= 0.3 is 6.03 Å². The molecule has 0 unspecified atom stereocenters. The summed E-state index contributed by atoms with van der Waals surface area (Å²) in [6.07, 6.45) is 0. The fourth-order valence-corrected chi connectivity index (χ4v) is 3.86. The normalized spacial score (nSPS) is 18.3. The van der Waals surface area contributed by atoms with Crippen molar-refractivity contribution in [3.8, 4) is 0 Å². The molecule has 0 aromatic heterocycles. The lowest BCUT2D eigenvalue weighted by molar-refractivity contribution is 0.220. The molecule has 2 rings (SSSR count). The van der Waals surface area contributed by atoms with Gasteiger partial charge < -0.3 is 0 Å². The minimum Gasteiger partial charge on any atom is -0.284 e. The Morgan fingerprint density at radius 2 is 1.96 bits per heavy atom. The number of hydrogen-bond acceptors (Lipinski definition) is 3. The Hall–Kier alpha value is -1.20. The number of urea groups is 1. The van der Waals surface area contributed by atoms with Crippen LogP contribution in [0.4, 0.5) is 10.5 Å². The number of anilines is 1. The van der Waals surface area contributed by atoms with Gasteiger partial charge in [0.1, 0.15) is 0 Å². The average molecular weight is 354 g/mol. The highest BCUT2D eigenvalue weighted by molar-refractivity contribution is 8.14. The monoisotopic (exact) mass is 353 g/mol. The van der Waals surface area contributed by atoms with Gasteiger partial charge in [-0.25, -0.2) is 4.79 Å². The minimum atomic E-state index is -0.214. The maximum Gasteiger partial charge on any atom is 0.331 e. The molecule has 1 heterocycles. The van der Waals surface area contributed by atoms with Gasteiger partial charge in [0.2, 0.25) is 0 Å². The zero-order valence-corrected chi connectivity index (χ0v) is 16.1. The second-order valence-corrected chi connectivity index (χ2v) is 8.29. The Bertz CT molecular complexity index is 637. The third-order valence-electron chi connectivity index (χ3n) is 3.36. The number of aryl methyl sites for hydroxylation is 1. The first kappa shape index (κ1) is 18.1. The molecule has 1 aromatic rings. The molecule has 0 saturated carbocycles. The van der Waals surface area contributed by atoms with Crippen LogP contribution in [0.3, 0.4) is 0 Å². The van der Waals surface area contributed by atoms with Crippen molar-refractivity contribution in [1.29, 1.82) is 0 Å². The summed E-state index contributed by atoms with van der Waals surface area (Å²) in [7, 11) is 0. The van der Waals surface area contributed by atoms with Gasteiger partial charge in [-0.15, -0.1) is 0 Å². The molecule has 23 heavy (non-hydrogen) atoms. The van der Waals surface area contributed by atoms with Crippen molar-refractivity contribution < 1.29 is 4.79 Å². The van der Waals surface area contributed by atoms with E-state index in [0.29, 0.717) is 10.9 Å². The fraction of sp³-hybridized carbons (Fsp3) is 0.529. The van der Waals surface area contributed by atoms with Crippen LogP contribution < -0.4 is 4.90 Å². The molecule has 1 fully saturated rings. The summed E-state index contributed by atoms with van der Waals surface area (Å²) in [5, 5.41) is 1.47.